The normalized spacial score (nSPS) is 20.1. The molecule has 0 spiro atoms. The van der Waals surface area contributed by atoms with Gasteiger partial charge in [0.05, 0.1) is 0 Å². The van der Waals surface area contributed by atoms with E-state index in [1.54, 1.807) is 0 Å². The van der Waals surface area contributed by atoms with Crippen LogP contribution >= 0.6 is 0 Å². The van der Waals surface area contributed by atoms with Crippen molar-refractivity contribution in [1.82, 2.24) is 0 Å². The van der Waals surface area contributed by atoms with Gasteiger partial charge in [-0.25, -0.2) is 0 Å². The van der Waals surface area contributed by atoms with Crippen molar-refractivity contribution in [2.75, 3.05) is 0 Å². The monoisotopic (exact) mass is 272 g/mol. The van der Waals surface area contributed by atoms with E-state index < -0.39 is 14.2 Å². The van der Waals surface area contributed by atoms with E-state index in [2.05, 4.69) is 0 Å². The van der Waals surface area contributed by atoms with Gasteiger partial charge in [0.2, 0.25) is 0 Å². The summed E-state index contributed by atoms with van der Waals surface area (Å²) < 4.78 is 21.3. The Morgan fingerprint density at radius 1 is 1.13 bits per heavy atom. The summed E-state index contributed by atoms with van der Waals surface area (Å²) in [7, 11) is 0. The fraction of sp³-hybridized carbons (Fsp3) is 0.500. The average molecular weight is 271 g/mol. The van der Waals surface area contributed by atoms with Crippen molar-refractivity contribution in [3.63, 3.8) is 0 Å². The Labute approximate surface area is 94.7 Å². The molecule has 0 radical (unpaired) electrons. The van der Waals surface area contributed by atoms with Crippen LogP contribution in [-0.2, 0) is 3.83 Å². The molecule has 82 valence electrons. The molecule has 1 N–H and O–H groups in total. The van der Waals surface area contributed by atoms with E-state index >= 15 is 0 Å². The quantitative estimate of drug-likeness (QED) is 0.833. The van der Waals surface area contributed by atoms with Gasteiger partial charge in [0.15, 0.2) is 0 Å². The first-order valence-electron chi connectivity index (χ1n) is 5.49. The van der Waals surface area contributed by atoms with Crippen molar-refractivity contribution in [3.05, 3.63) is 29.8 Å². The SMILES string of the molecule is O=[Se](O)c1ccccc1C1CCCCC1. The second-order valence-electron chi connectivity index (χ2n) is 4.12. The van der Waals surface area contributed by atoms with Gasteiger partial charge in [-0.3, -0.25) is 0 Å². The van der Waals surface area contributed by atoms with Crippen molar-refractivity contribution in [3.8, 4) is 0 Å². The first-order chi connectivity index (χ1) is 7.29. The van der Waals surface area contributed by atoms with Gasteiger partial charge in [-0.15, -0.1) is 0 Å². The van der Waals surface area contributed by atoms with E-state index in [-0.39, 0.29) is 0 Å². The zero-order valence-corrected chi connectivity index (χ0v) is 10.4. The molecule has 15 heavy (non-hydrogen) atoms. The molecule has 1 saturated carbocycles. The number of rotatable bonds is 2. The average Bonchev–Trinajstić information content (AvgIpc) is 2.30. The summed E-state index contributed by atoms with van der Waals surface area (Å²) in [6.07, 6.45) is 6.18. The van der Waals surface area contributed by atoms with Crippen LogP contribution in [0, 0.1) is 0 Å². The minimum atomic E-state index is -2.76. The van der Waals surface area contributed by atoms with E-state index in [0.29, 0.717) is 10.4 Å². The molecule has 1 atom stereocenters. The second-order valence-corrected chi connectivity index (χ2v) is 6.09. The van der Waals surface area contributed by atoms with Crippen LogP contribution < -0.4 is 4.46 Å². The molecule has 1 aromatic rings. The van der Waals surface area contributed by atoms with Crippen LogP contribution in [0.2, 0.25) is 0 Å². The summed E-state index contributed by atoms with van der Waals surface area (Å²) in [5.41, 5.74) is 1.12. The Morgan fingerprint density at radius 2 is 1.80 bits per heavy atom. The van der Waals surface area contributed by atoms with Gasteiger partial charge in [-0.2, -0.15) is 0 Å². The molecule has 0 aromatic heterocycles. The predicted octanol–water partition coefficient (Wildman–Crippen LogP) is 1.85. The van der Waals surface area contributed by atoms with Crippen molar-refractivity contribution in [2.45, 2.75) is 38.0 Å². The summed E-state index contributed by atoms with van der Waals surface area (Å²) >= 11 is -2.76. The summed E-state index contributed by atoms with van der Waals surface area (Å²) in [6, 6.07) is 7.66. The molecule has 1 unspecified atom stereocenters. The molecule has 0 bridgehead atoms. The van der Waals surface area contributed by atoms with Gasteiger partial charge in [0.1, 0.15) is 0 Å². The minimum absolute atomic E-state index is 0.516. The van der Waals surface area contributed by atoms with E-state index in [9.17, 15) is 8.02 Å². The predicted molar refractivity (Wildman–Crippen MR) is 60.6 cm³/mol. The standard InChI is InChI=1S/C12H16O2Se/c13-15(14)12-9-5-4-8-11(12)10-6-2-1-3-7-10/h4-5,8-10H,1-3,6-7H2,(H,13,14). The second kappa shape index (κ2) is 5.02. The zero-order chi connectivity index (χ0) is 10.7. The Morgan fingerprint density at radius 3 is 2.47 bits per heavy atom. The Kier molecular flexibility index (Phi) is 3.68. The first kappa shape index (κ1) is 11.0. The molecule has 0 saturated heterocycles. The van der Waals surface area contributed by atoms with Crippen LogP contribution in [0.1, 0.15) is 43.6 Å². The molecule has 1 aromatic carbocycles. The molecule has 0 amide bonds. The summed E-state index contributed by atoms with van der Waals surface area (Å²) in [4.78, 5) is 0. The number of hydrogen-bond acceptors (Lipinski definition) is 1. The van der Waals surface area contributed by atoms with Gasteiger partial charge < -0.3 is 0 Å². The van der Waals surface area contributed by atoms with Crippen molar-refractivity contribution in [2.24, 2.45) is 0 Å². The molecule has 1 fully saturated rings. The van der Waals surface area contributed by atoms with Gasteiger partial charge >= 0.3 is 94.5 Å². The van der Waals surface area contributed by atoms with E-state index in [1.807, 2.05) is 24.3 Å². The summed E-state index contributed by atoms with van der Waals surface area (Å²) in [6.45, 7) is 0. The van der Waals surface area contributed by atoms with Gasteiger partial charge in [0.25, 0.3) is 0 Å². The maximum atomic E-state index is 11.3. The molecule has 1 aliphatic rings. The number of benzene rings is 1. The van der Waals surface area contributed by atoms with Gasteiger partial charge in [-0.05, 0) is 0 Å². The summed E-state index contributed by atoms with van der Waals surface area (Å²) in [5.74, 6) is 0.516. The Hall–Kier alpha value is -0.501. The van der Waals surface area contributed by atoms with Crippen LogP contribution in [0.4, 0.5) is 0 Å². The molecule has 1 aliphatic carbocycles. The third-order valence-corrected chi connectivity index (χ3v) is 4.72. The van der Waals surface area contributed by atoms with Crippen LogP contribution in [0.5, 0.6) is 0 Å². The van der Waals surface area contributed by atoms with Gasteiger partial charge in [-0.1, -0.05) is 0 Å². The molecule has 0 heterocycles. The number of hydrogen-bond donors (Lipinski definition) is 1. The molecule has 3 heteroatoms. The topological polar surface area (TPSA) is 37.3 Å². The van der Waals surface area contributed by atoms with Crippen molar-refractivity contribution in [1.29, 1.82) is 0 Å². The summed E-state index contributed by atoms with van der Waals surface area (Å²) in [5, 5.41) is 0. The first-order valence-corrected chi connectivity index (χ1v) is 7.81. The Bertz CT molecular complexity index is 356. The van der Waals surface area contributed by atoms with Crippen LogP contribution in [-0.4, -0.2) is 18.4 Å². The molecule has 0 aliphatic heterocycles. The Balaban J connectivity index is 2.29. The third-order valence-electron chi connectivity index (χ3n) is 3.15. The van der Waals surface area contributed by atoms with E-state index in [0.717, 1.165) is 5.56 Å². The third kappa shape index (κ3) is 2.54. The van der Waals surface area contributed by atoms with E-state index in [4.69, 9.17) is 0 Å². The van der Waals surface area contributed by atoms with Crippen LogP contribution in [0.15, 0.2) is 24.3 Å². The zero-order valence-electron chi connectivity index (χ0n) is 8.69. The fourth-order valence-corrected chi connectivity index (χ4v) is 3.71. The molecular formula is C12H16O2Se. The fourth-order valence-electron chi connectivity index (χ4n) is 2.39. The molecular weight excluding hydrogens is 255 g/mol. The van der Waals surface area contributed by atoms with E-state index in [1.165, 1.54) is 32.1 Å². The van der Waals surface area contributed by atoms with Crippen molar-refractivity contribution >= 4 is 18.6 Å². The van der Waals surface area contributed by atoms with Crippen molar-refractivity contribution < 1.29 is 8.02 Å². The maximum absolute atomic E-state index is 11.3. The van der Waals surface area contributed by atoms with Crippen LogP contribution in [0.3, 0.4) is 0 Å². The molecule has 2 rings (SSSR count). The van der Waals surface area contributed by atoms with Crippen LogP contribution in [0.25, 0.3) is 0 Å². The van der Waals surface area contributed by atoms with Gasteiger partial charge in [0, 0.05) is 0 Å². The molecule has 2 nitrogen and oxygen atoms in total.